The van der Waals surface area contributed by atoms with Crippen LogP contribution < -0.4 is 0 Å². The van der Waals surface area contributed by atoms with Gasteiger partial charge in [0.2, 0.25) is 5.78 Å². The highest BCUT2D eigenvalue weighted by atomic mass is 16.3. The van der Waals surface area contributed by atoms with E-state index in [0.717, 1.165) is 0 Å². The molecule has 0 unspecified atom stereocenters. The summed E-state index contributed by atoms with van der Waals surface area (Å²) in [5, 5.41) is 9.27. The fourth-order valence-electron chi connectivity index (χ4n) is 2.03. The molecular weight excluding hydrogens is 218 g/mol. The molecule has 1 aromatic carbocycles. The number of ketones is 2. The van der Waals surface area contributed by atoms with Crippen molar-refractivity contribution in [1.82, 2.24) is 4.90 Å². The van der Waals surface area contributed by atoms with E-state index in [1.807, 2.05) is 0 Å². The van der Waals surface area contributed by atoms with E-state index in [1.165, 1.54) is 0 Å². The van der Waals surface area contributed by atoms with Gasteiger partial charge >= 0.3 is 0 Å². The van der Waals surface area contributed by atoms with Gasteiger partial charge in [0.05, 0.1) is 17.9 Å². The van der Waals surface area contributed by atoms with Crippen LogP contribution in [0, 0.1) is 0 Å². The Morgan fingerprint density at radius 3 is 2.06 bits per heavy atom. The van der Waals surface area contributed by atoms with Gasteiger partial charge in [0, 0.05) is 25.2 Å². The molecule has 0 saturated carbocycles. The van der Waals surface area contributed by atoms with Crippen molar-refractivity contribution in [2.75, 3.05) is 20.7 Å². The Labute approximate surface area is 99.2 Å². The van der Waals surface area contributed by atoms with E-state index >= 15 is 0 Å². The van der Waals surface area contributed by atoms with Crippen LogP contribution in [0.1, 0.15) is 20.7 Å². The van der Waals surface area contributed by atoms with Gasteiger partial charge in [-0.1, -0.05) is 24.3 Å². The number of benzene rings is 1. The summed E-state index contributed by atoms with van der Waals surface area (Å²) in [7, 11) is 3.37. The third kappa shape index (κ3) is 1.66. The maximum atomic E-state index is 12.2. The molecule has 1 N–H and O–H groups in total. The topological polar surface area (TPSA) is 57.6 Å². The molecule has 4 nitrogen and oxygen atoms in total. The van der Waals surface area contributed by atoms with E-state index in [0.29, 0.717) is 11.1 Å². The summed E-state index contributed by atoms with van der Waals surface area (Å²) in [5.74, 6) is -0.486. The lowest BCUT2D eigenvalue weighted by molar-refractivity contribution is 0.0940. The van der Waals surface area contributed by atoms with E-state index < -0.39 is 6.61 Å². The molecule has 0 aromatic heterocycles. The molecule has 0 fully saturated rings. The molecule has 1 aliphatic carbocycles. The van der Waals surface area contributed by atoms with Gasteiger partial charge in [-0.2, -0.15) is 0 Å². The number of hydrogen-bond acceptors (Lipinski definition) is 4. The molecule has 0 heterocycles. The summed E-state index contributed by atoms with van der Waals surface area (Å²) in [6.07, 6.45) is 0. The number of hydrogen-bond donors (Lipinski definition) is 1. The number of aliphatic hydroxyl groups is 1. The number of likely N-dealkylation sites (N-methyl/N-ethyl adjacent to an activating group) is 1. The zero-order valence-corrected chi connectivity index (χ0v) is 9.73. The lowest BCUT2D eigenvalue weighted by atomic mass is 9.87. The monoisotopic (exact) mass is 231 g/mol. The normalized spacial score (nSPS) is 15.0. The average molecular weight is 231 g/mol. The van der Waals surface area contributed by atoms with Gasteiger partial charge in [0.25, 0.3) is 0 Å². The minimum atomic E-state index is -0.424. The molecule has 0 radical (unpaired) electrons. The number of carbonyl (C=O) groups excluding carboxylic acids is 2. The minimum absolute atomic E-state index is 0.165. The molecule has 1 aromatic rings. The van der Waals surface area contributed by atoms with Gasteiger partial charge < -0.3 is 10.0 Å². The van der Waals surface area contributed by atoms with Gasteiger partial charge in [-0.05, 0) is 0 Å². The molecular formula is C13H13NO3. The van der Waals surface area contributed by atoms with Crippen molar-refractivity contribution in [3.05, 3.63) is 46.7 Å². The molecule has 0 amide bonds. The van der Waals surface area contributed by atoms with E-state index in [1.54, 1.807) is 43.3 Å². The zero-order valence-electron chi connectivity index (χ0n) is 9.73. The van der Waals surface area contributed by atoms with Crippen LogP contribution in [0.25, 0.3) is 0 Å². The predicted octanol–water partition coefficient (Wildman–Crippen LogP) is 0.874. The summed E-state index contributed by atoms with van der Waals surface area (Å²) in [6.45, 7) is -0.424. The van der Waals surface area contributed by atoms with Gasteiger partial charge in [-0.15, -0.1) is 0 Å². The van der Waals surface area contributed by atoms with Crippen molar-refractivity contribution >= 4 is 11.6 Å². The maximum absolute atomic E-state index is 12.2. The predicted molar refractivity (Wildman–Crippen MR) is 62.9 cm³/mol. The van der Waals surface area contributed by atoms with Crippen LogP contribution in [0.3, 0.4) is 0 Å². The Kier molecular flexibility index (Phi) is 2.81. The van der Waals surface area contributed by atoms with Crippen molar-refractivity contribution in [2.24, 2.45) is 0 Å². The van der Waals surface area contributed by atoms with E-state index in [9.17, 15) is 14.7 Å². The van der Waals surface area contributed by atoms with Crippen molar-refractivity contribution < 1.29 is 14.7 Å². The highest BCUT2D eigenvalue weighted by molar-refractivity contribution is 6.26. The summed E-state index contributed by atoms with van der Waals surface area (Å²) in [5.41, 5.74) is 1.21. The third-order valence-corrected chi connectivity index (χ3v) is 2.80. The number of rotatable bonds is 2. The molecule has 88 valence electrons. The number of Topliss-reactive ketones (excluding diaryl/α,β-unsaturated/α-hetero) is 2. The number of carbonyl (C=O) groups is 2. The summed E-state index contributed by atoms with van der Waals surface area (Å²) in [4.78, 5) is 25.9. The van der Waals surface area contributed by atoms with Gasteiger partial charge in [0.15, 0.2) is 5.78 Å². The highest BCUT2D eigenvalue weighted by Gasteiger charge is 2.32. The van der Waals surface area contributed by atoms with E-state index in [4.69, 9.17) is 0 Å². The van der Waals surface area contributed by atoms with Crippen LogP contribution >= 0.6 is 0 Å². The van der Waals surface area contributed by atoms with Gasteiger partial charge in [0.1, 0.15) is 0 Å². The summed E-state index contributed by atoms with van der Waals surface area (Å²) >= 11 is 0. The highest BCUT2D eigenvalue weighted by Crippen LogP contribution is 2.26. The molecule has 0 atom stereocenters. The van der Waals surface area contributed by atoms with Crippen molar-refractivity contribution in [3.8, 4) is 0 Å². The van der Waals surface area contributed by atoms with E-state index in [2.05, 4.69) is 0 Å². The number of aliphatic hydroxyl groups excluding tert-OH is 1. The Bertz CT molecular complexity index is 529. The Balaban J connectivity index is 2.69. The zero-order chi connectivity index (χ0) is 12.6. The van der Waals surface area contributed by atoms with Crippen molar-refractivity contribution in [1.29, 1.82) is 0 Å². The molecule has 0 saturated heterocycles. The third-order valence-electron chi connectivity index (χ3n) is 2.80. The lowest BCUT2D eigenvalue weighted by Crippen LogP contribution is -2.31. The molecule has 4 heteroatoms. The van der Waals surface area contributed by atoms with Crippen molar-refractivity contribution in [2.45, 2.75) is 0 Å². The molecule has 0 bridgehead atoms. The average Bonchev–Trinajstić information content (AvgIpc) is 2.33. The Morgan fingerprint density at radius 1 is 1.06 bits per heavy atom. The smallest absolute Gasteiger partial charge is 0.210 e. The number of nitrogens with zero attached hydrogens (tertiary/aromatic N) is 1. The number of fused-ring (bicyclic) bond motifs is 1. The first-order chi connectivity index (χ1) is 8.07. The van der Waals surface area contributed by atoms with Crippen LogP contribution in [0.2, 0.25) is 0 Å². The largest absolute Gasteiger partial charge is 0.391 e. The summed E-state index contributed by atoms with van der Waals surface area (Å²) < 4.78 is 0. The van der Waals surface area contributed by atoms with E-state index in [-0.39, 0.29) is 22.8 Å². The lowest BCUT2D eigenvalue weighted by Gasteiger charge is -2.24. The molecule has 0 spiro atoms. The van der Waals surface area contributed by atoms with Gasteiger partial charge in [-0.3, -0.25) is 9.59 Å². The Morgan fingerprint density at radius 2 is 1.59 bits per heavy atom. The maximum Gasteiger partial charge on any atom is 0.210 e. The standard InChI is InChI=1S/C13H13NO3/c1-14(2)11-10(7-15)12(16)8-5-3-4-6-9(8)13(11)17/h3-6,15H,7H2,1-2H3. The van der Waals surface area contributed by atoms with Crippen LogP contribution in [0.15, 0.2) is 35.5 Å². The molecule has 17 heavy (non-hydrogen) atoms. The fraction of sp³-hybridized carbons (Fsp3) is 0.231. The first-order valence-corrected chi connectivity index (χ1v) is 5.27. The first kappa shape index (κ1) is 11.5. The SMILES string of the molecule is CN(C)C1=C(CO)C(=O)c2ccccc2C1=O. The fourth-order valence-corrected chi connectivity index (χ4v) is 2.03. The number of allylic oxidation sites excluding steroid dienone is 1. The van der Waals surface area contributed by atoms with Crippen LogP contribution in [0.4, 0.5) is 0 Å². The van der Waals surface area contributed by atoms with Crippen molar-refractivity contribution in [3.63, 3.8) is 0 Å². The van der Waals surface area contributed by atoms with Crippen LogP contribution in [-0.2, 0) is 0 Å². The second-order valence-corrected chi connectivity index (χ2v) is 4.08. The molecule has 2 rings (SSSR count). The van der Waals surface area contributed by atoms with Gasteiger partial charge in [-0.25, -0.2) is 0 Å². The Hall–Kier alpha value is -1.94. The second-order valence-electron chi connectivity index (χ2n) is 4.08. The summed E-state index contributed by atoms with van der Waals surface area (Å²) in [6, 6.07) is 6.67. The molecule has 1 aliphatic rings. The quantitative estimate of drug-likeness (QED) is 0.820. The van der Waals surface area contributed by atoms with Crippen LogP contribution in [-0.4, -0.2) is 42.3 Å². The minimum Gasteiger partial charge on any atom is -0.391 e. The first-order valence-electron chi connectivity index (χ1n) is 5.27. The second kappa shape index (κ2) is 4.14. The van der Waals surface area contributed by atoms with Crippen LogP contribution in [0.5, 0.6) is 0 Å². The molecule has 0 aliphatic heterocycles.